The third kappa shape index (κ3) is 6.24. The summed E-state index contributed by atoms with van der Waals surface area (Å²) in [7, 11) is 1.65. The van der Waals surface area contributed by atoms with E-state index in [9.17, 15) is 36.4 Å². The Hall–Kier alpha value is -3.82. The van der Waals surface area contributed by atoms with Gasteiger partial charge in [0.05, 0.1) is 29.9 Å². The van der Waals surface area contributed by atoms with Crippen molar-refractivity contribution in [3.8, 4) is 6.07 Å². The van der Waals surface area contributed by atoms with Crippen LogP contribution in [0, 0.1) is 11.3 Å². The first-order valence-corrected chi connectivity index (χ1v) is 10.9. The summed E-state index contributed by atoms with van der Waals surface area (Å²) in [6.45, 7) is 2.29. The Morgan fingerprint density at radius 3 is 2.50 bits per heavy atom. The van der Waals surface area contributed by atoms with Crippen molar-refractivity contribution in [3.63, 3.8) is 0 Å². The van der Waals surface area contributed by atoms with E-state index < -0.39 is 30.1 Å². The van der Waals surface area contributed by atoms with Crippen LogP contribution in [0.3, 0.4) is 0 Å². The molecule has 1 N–H and O–H groups in total. The Kier molecular flexibility index (Phi) is 7.76. The maximum absolute atomic E-state index is 12.9. The molecule has 0 aromatic carbocycles. The lowest BCUT2D eigenvalue weighted by atomic mass is 10.0. The van der Waals surface area contributed by atoms with Crippen molar-refractivity contribution >= 4 is 17.4 Å². The van der Waals surface area contributed by atoms with Crippen molar-refractivity contribution in [2.45, 2.75) is 45.1 Å². The summed E-state index contributed by atoms with van der Waals surface area (Å²) in [6.07, 6.45) is -6.34. The monoisotopic (exact) mass is 512 g/mol. The molecule has 192 valence electrons. The van der Waals surface area contributed by atoms with Crippen molar-refractivity contribution < 1.29 is 31.1 Å². The van der Waals surface area contributed by atoms with Crippen LogP contribution in [0.25, 0.3) is 0 Å². The minimum Gasteiger partial charge on any atom is -0.364 e. The van der Waals surface area contributed by atoms with Gasteiger partial charge in [0.1, 0.15) is 11.9 Å². The lowest BCUT2D eigenvalue weighted by Gasteiger charge is -2.31. The largest absolute Gasteiger partial charge is 0.454 e. The fourth-order valence-electron chi connectivity index (χ4n) is 3.80. The van der Waals surface area contributed by atoms with Gasteiger partial charge in [-0.1, -0.05) is 19.1 Å². The number of pyridine rings is 1. The first-order valence-electron chi connectivity index (χ1n) is 10.9. The van der Waals surface area contributed by atoms with Gasteiger partial charge >= 0.3 is 12.4 Å². The Bertz CT molecular complexity index is 1220. The molecule has 0 amide bonds. The Morgan fingerprint density at radius 1 is 1.22 bits per heavy atom. The first-order chi connectivity index (χ1) is 16.8. The van der Waals surface area contributed by atoms with Gasteiger partial charge in [0, 0.05) is 30.9 Å². The molecule has 0 spiro atoms. The number of aromatic nitrogens is 3. The van der Waals surface area contributed by atoms with Crippen LogP contribution in [-0.4, -0.2) is 44.3 Å². The normalized spacial score (nSPS) is 14.9. The Balaban J connectivity index is 1.84. The summed E-state index contributed by atoms with van der Waals surface area (Å²) in [4.78, 5) is 16.9. The van der Waals surface area contributed by atoms with Crippen LogP contribution in [0.1, 0.15) is 41.4 Å². The molecule has 0 atom stereocenters. The maximum Gasteiger partial charge on any atom is 0.454 e. The van der Waals surface area contributed by atoms with Crippen molar-refractivity contribution in [1.82, 2.24) is 19.7 Å². The van der Waals surface area contributed by atoms with Gasteiger partial charge in [0.15, 0.2) is 5.82 Å². The number of rotatable bonds is 7. The van der Waals surface area contributed by atoms with Crippen LogP contribution in [0.2, 0.25) is 0 Å². The topological polar surface area (TPSA) is 86.8 Å². The number of carbonyl (C=O) groups is 1. The van der Waals surface area contributed by atoms with Crippen LogP contribution < -0.4 is 5.32 Å². The van der Waals surface area contributed by atoms with Crippen molar-refractivity contribution in [1.29, 1.82) is 5.26 Å². The first kappa shape index (κ1) is 26.8. The van der Waals surface area contributed by atoms with Gasteiger partial charge < -0.3 is 10.2 Å². The summed E-state index contributed by atoms with van der Waals surface area (Å²) < 4.78 is 78.1. The number of nitrogens with one attached hydrogen (secondary N) is 1. The quantitative estimate of drug-likeness (QED) is 0.233. The number of ketones is 1. The molecule has 1 aliphatic rings. The second kappa shape index (κ2) is 10.4. The maximum atomic E-state index is 12.9. The van der Waals surface area contributed by atoms with Gasteiger partial charge in [-0.3, -0.25) is 9.48 Å². The van der Waals surface area contributed by atoms with E-state index in [1.807, 2.05) is 6.07 Å². The van der Waals surface area contributed by atoms with Crippen LogP contribution in [0.15, 0.2) is 41.8 Å². The molecule has 0 unspecified atom stereocenters. The molecule has 2 aromatic rings. The minimum atomic E-state index is -5.01. The van der Waals surface area contributed by atoms with E-state index in [0.29, 0.717) is 30.9 Å². The Labute approximate surface area is 202 Å². The van der Waals surface area contributed by atoms with Crippen molar-refractivity contribution in [2.24, 2.45) is 7.05 Å². The molecular formula is C23H22F6N6O. The highest BCUT2D eigenvalue weighted by molar-refractivity contribution is 6.00. The minimum absolute atomic E-state index is 0.156. The summed E-state index contributed by atoms with van der Waals surface area (Å²) in [5, 5.41) is 16.8. The molecule has 1 aliphatic heterocycles. The predicted octanol–water partition coefficient (Wildman–Crippen LogP) is 5.36. The molecule has 2 aromatic heterocycles. The van der Waals surface area contributed by atoms with E-state index >= 15 is 0 Å². The van der Waals surface area contributed by atoms with E-state index in [1.165, 1.54) is 6.07 Å². The number of nitriles is 1. The zero-order chi connectivity index (χ0) is 26.7. The molecule has 0 fully saturated rings. The Morgan fingerprint density at radius 2 is 1.94 bits per heavy atom. The standard InChI is InChI=1S/C23H22F6N6O/c1-3-4-14(11-30)17(7-9-22(24,25)26)35-10-8-16-18(13-35)34(2)33-21(16)32-19-6-5-15(12-31-19)20(36)23(27,28)29/h4-7,12H,3,8-10,13H2,1-2H3,(H,31,32,33)/b14-4-,17-7+. The van der Waals surface area contributed by atoms with Gasteiger partial charge in [-0.15, -0.1) is 0 Å². The second-order valence-corrected chi connectivity index (χ2v) is 8.00. The number of hydrogen-bond acceptors (Lipinski definition) is 6. The summed E-state index contributed by atoms with van der Waals surface area (Å²) in [6, 6.07) is 4.21. The van der Waals surface area contributed by atoms with Crippen LogP contribution >= 0.6 is 0 Å². The van der Waals surface area contributed by atoms with Crippen molar-refractivity contribution in [3.05, 3.63) is 58.6 Å². The summed E-state index contributed by atoms with van der Waals surface area (Å²) >= 11 is 0. The molecule has 7 nitrogen and oxygen atoms in total. The number of alkyl halides is 6. The molecule has 3 heterocycles. The zero-order valence-corrected chi connectivity index (χ0v) is 19.3. The third-order valence-corrected chi connectivity index (χ3v) is 5.45. The van der Waals surface area contributed by atoms with E-state index in [2.05, 4.69) is 15.4 Å². The number of halogens is 6. The van der Waals surface area contributed by atoms with E-state index in [1.54, 1.807) is 29.6 Å². The predicted molar refractivity (Wildman–Crippen MR) is 118 cm³/mol. The molecule has 0 radical (unpaired) electrons. The molecule has 0 aliphatic carbocycles. The molecule has 36 heavy (non-hydrogen) atoms. The molecular weight excluding hydrogens is 490 g/mol. The number of carbonyl (C=O) groups excluding carboxylic acids is 1. The number of aryl methyl sites for hydroxylation is 1. The summed E-state index contributed by atoms with van der Waals surface area (Å²) in [5.74, 6) is -1.44. The fraction of sp³-hybridized carbons (Fsp3) is 0.391. The van der Waals surface area contributed by atoms with E-state index in [4.69, 9.17) is 0 Å². The number of nitrogens with zero attached hydrogens (tertiary/aromatic N) is 5. The third-order valence-electron chi connectivity index (χ3n) is 5.45. The van der Waals surface area contributed by atoms with Crippen LogP contribution in [-0.2, 0) is 20.0 Å². The van der Waals surface area contributed by atoms with Crippen LogP contribution in [0.5, 0.6) is 0 Å². The van der Waals surface area contributed by atoms with Crippen LogP contribution in [0.4, 0.5) is 38.0 Å². The van der Waals surface area contributed by atoms with Crippen molar-refractivity contribution in [2.75, 3.05) is 11.9 Å². The highest BCUT2D eigenvalue weighted by atomic mass is 19.4. The lowest BCUT2D eigenvalue weighted by molar-refractivity contribution is -0.125. The number of hydrogen-bond donors (Lipinski definition) is 1. The molecule has 0 saturated heterocycles. The number of anilines is 2. The fourth-order valence-corrected chi connectivity index (χ4v) is 3.80. The summed E-state index contributed by atoms with van der Waals surface area (Å²) in [5.41, 5.74) is 1.21. The molecule has 0 bridgehead atoms. The highest BCUT2D eigenvalue weighted by Crippen LogP contribution is 2.32. The van der Waals surface area contributed by atoms with Gasteiger partial charge in [0.25, 0.3) is 5.78 Å². The average molecular weight is 512 g/mol. The second-order valence-electron chi connectivity index (χ2n) is 8.00. The van der Waals surface area contributed by atoms with Gasteiger partial charge in [-0.2, -0.15) is 36.7 Å². The molecule has 0 saturated carbocycles. The van der Waals surface area contributed by atoms with E-state index in [-0.39, 0.29) is 23.6 Å². The number of fused-ring (bicyclic) bond motifs is 1. The average Bonchev–Trinajstić information content (AvgIpc) is 3.11. The molecule has 3 rings (SSSR count). The number of Topliss-reactive ketones (excluding diaryl/α,β-unsaturated/α-hetero) is 1. The smallest absolute Gasteiger partial charge is 0.364 e. The zero-order valence-electron chi connectivity index (χ0n) is 19.3. The van der Waals surface area contributed by atoms with Gasteiger partial charge in [-0.05, 0) is 25.0 Å². The highest BCUT2D eigenvalue weighted by Gasteiger charge is 2.39. The van der Waals surface area contributed by atoms with E-state index in [0.717, 1.165) is 23.9 Å². The number of allylic oxidation sites excluding steroid dienone is 3. The SMILES string of the molecule is CC/C=C(C#N)\C(=C/CC(F)(F)F)N1CCc2c(Nc3ccc(C(=O)C(F)(F)F)cn3)nn(C)c2C1. The van der Waals surface area contributed by atoms with Gasteiger partial charge in [0.2, 0.25) is 0 Å². The molecule has 13 heteroatoms. The van der Waals surface area contributed by atoms with Gasteiger partial charge in [-0.25, -0.2) is 4.98 Å². The lowest BCUT2D eigenvalue weighted by Crippen LogP contribution is -2.32.